The van der Waals surface area contributed by atoms with Gasteiger partial charge in [-0.1, -0.05) is 36.8 Å². The van der Waals surface area contributed by atoms with Crippen molar-refractivity contribution in [2.24, 2.45) is 0 Å². The van der Waals surface area contributed by atoms with Gasteiger partial charge in [0, 0.05) is 30.4 Å². The highest BCUT2D eigenvalue weighted by molar-refractivity contribution is 8.00. The molecule has 1 aliphatic heterocycles. The van der Waals surface area contributed by atoms with Crippen LogP contribution in [0, 0.1) is 0 Å². The largest absolute Gasteiger partial charge is 0.305 e. The fourth-order valence-electron chi connectivity index (χ4n) is 3.70. The minimum Gasteiger partial charge on any atom is -0.305 e. The first-order valence-electron chi connectivity index (χ1n) is 8.17. The number of thioether (sulfide) groups is 1. The van der Waals surface area contributed by atoms with Gasteiger partial charge in [-0.05, 0) is 38.5 Å². The van der Waals surface area contributed by atoms with Crippen molar-refractivity contribution in [3.05, 3.63) is 35.9 Å². The number of hydrogen-bond acceptors (Lipinski definition) is 3. The zero-order valence-corrected chi connectivity index (χ0v) is 14.4. The Kier molecular flexibility index (Phi) is 4.35. The SMILES string of the molecule is CSC1(CN2CC(C)(c3ccccc3)NCC2C)CCC1. The lowest BCUT2D eigenvalue weighted by molar-refractivity contribution is 0.0728. The summed E-state index contributed by atoms with van der Waals surface area (Å²) in [5.74, 6) is 0. The molecule has 2 fully saturated rings. The fraction of sp³-hybridized carbons (Fsp3) is 0.667. The van der Waals surface area contributed by atoms with Crippen molar-refractivity contribution < 1.29 is 0 Å². The van der Waals surface area contributed by atoms with Crippen LogP contribution in [0.15, 0.2) is 30.3 Å². The quantitative estimate of drug-likeness (QED) is 0.917. The second kappa shape index (κ2) is 5.94. The van der Waals surface area contributed by atoms with Crippen LogP contribution < -0.4 is 5.32 Å². The Morgan fingerprint density at radius 3 is 2.57 bits per heavy atom. The Morgan fingerprint density at radius 1 is 1.29 bits per heavy atom. The van der Waals surface area contributed by atoms with E-state index >= 15 is 0 Å². The molecule has 1 aromatic carbocycles. The Labute approximate surface area is 133 Å². The van der Waals surface area contributed by atoms with Gasteiger partial charge in [0.25, 0.3) is 0 Å². The van der Waals surface area contributed by atoms with Gasteiger partial charge in [0.15, 0.2) is 0 Å². The van der Waals surface area contributed by atoms with Crippen LogP contribution in [0.5, 0.6) is 0 Å². The summed E-state index contributed by atoms with van der Waals surface area (Å²) in [6.45, 7) is 8.16. The minimum absolute atomic E-state index is 0.0805. The molecule has 1 heterocycles. The monoisotopic (exact) mass is 304 g/mol. The van der Waals surface area contributed by atoms with Gasteiger partial charge in [0.05, 0.1) is 5.54 Å². The summed E-state index contributed by atoms with van der Waals surface area (Å²) in [4.78, 5) is 2.72. The molecular formula is C18H28N2S. The van der Waals surface area contributed by atoms with Crippen LogP contribution in [0.2, 0.25) is 0 Å². The van der Waals surface area contributed by atoms with Gasteiger partial charge in [-0.15, -0.1) is 0 Å². The third-order valence-electron chi connectivity index (χ3n) is 5.53. The van der Waals surface area contributed by atoms with Crippen LogP contribution in [0.25, 0.3) is 0 Å². The molecule has 1 aliphatic carbocycles. The maximum Gasteiger partial charge on any atom is 0.0535 e. The third kappa shape index (κ3) is 3.01. The highest BCUT2D eigenvalue weighted by Gasteiger charge is 2.42. The Morgan fingerprint density at radius 2 is 2.00 bits per heavy atom. The van der Waals surface area contributed by atoms with Gasteiger partial charge in [-0.3, -0.25) is 4.90 Å². The molecule has 2 atom stereocenters. The Bertz CT molecular complexity index is 466. The van der Waals surface area contributed by atoms with Gasteiger partial charge < -0.3 is 5.32 Å². The molecule has 1 saturated heterocycles. The third-order valence-corrected chi connectivity index (χ3v) is 6.93. The topological polar surface area (TPSA) is 15.3 Å². The number of rotatable bonds is 4. The summed E-state index contributed by atoms with van der Waals surface area (Å²) in [6, 6.07) is 11.6. The molecule has 2 nitrogen and oxygen atoms in total. The predicted octanol–water partition coefficient (Wildman–Crippen LogP) is 3.48. The zero-order chi connectivity index (χ0) is 14.9. The highest BCUT2D eigenvalue weighted by Crippen LogP contribution is 2.44. The number of hydrogen-bond donors (Lipinski definition) is 1. The average molecular weight is 305 g/mol. The van der Waals surface area contributed by atoms with E-state index in [1.165, 1.54) is 31.4 Å². The van der Waals surface area contributed by atoms with Gasteiger partial charge in [-0.25, -0.2) is 0 Å². The molecule has 2 aliphatic rings. The molecule has 1 aromatic rings. The molecule has 0 bridgehead atoms. The van der Waals surface area contributed by atoms with E-state index in [2.05, 4.69) is 72.4 Å². The van der Waals surface area contributed by atoms with Crippen molar-refractivity contribution in [1.29, 1.82) is 0 Å². The normalized spacial score (nSPS) is 32.6. The molecule has 3 rings (SSSR count). The van der Waals surface area contributed by atoms with E-state index in [1.807, 2.05) is 0 Å². The summed E-state index contributed by atoms with van der Waals surface area (Å²) < 4.78 is 0.531. The number of benzene rings is 1. The van der Waals surface area contributed by atoms with E-state index < -0.39 is 0 Å². The molecule has 2 unspecified atom stereocenters. The lowest BCUT2D eigenvalue weighted by Gasteiger charge is -2.51. The maximum absolute atomic E-state index is 3.78. The Balaban J connectivity index is 1.75. The molecule has 0 radical (unpaired) electrons. The lowest BCUT2D eigenvalue weighted by atomic mass is 9.82. The lowest BCUT2D eigenvalue weighted by Crippen LogP contribution is -2.63. The van der Waals surface area contributed by atoms with Crippen LogP contribution in [0.1, 0.15) is 38.7 Å². The molecule has 3 heteroatoms. The summed E-state index contributed by atoms with van der Waals surface area (Å²) in [5.41, 5.74) is 1.49. The summed E-state index contributed by atoms with van der Waals surface area (Å²) >= 11 is 2.09. The van der Waals surface area contributed by atoms with Crippen LogP contribution in [0.4, 0.5) is 0 Å². The van der Waals surface area contributed by atoms with E-state index in [0.29, 0.717) is 10.8 Å². The summed E-state index contributed by atoms with van der Waals surface area (Å²) in [6.07, 6.45) is 6.50. The predicted molar refractivity (Wildman–Crippen MR) is 92.9 cm³/mol. The average Bonchev–Trinajstić information content (AvgIpc) is 2.47. The first-order valence-corrected chi connectivity index (χ1v) is 9.39. The number of nitrogens with one attached hydrogen (secondary N) is 1. The first-order chi connectivity index (χ1) is 10.1. The van der Waals surface area contributed by atoms with Crippen molar-refractivity contribution in [1.82, 2.24) is 10.2 Å². The van der Waals surface area contributed by atoms with E-state index in [9.17, 15) is 0 Å². The van der Waals surface area contributed by atoms with E-state index in [0.717, 1.165) is 13.1 Å². The van der Waals surface area contributed by atoms with Crippen molar-refractivity contribution in [3.8, 4) is 0 Å². The smallest absolute Gasteiger partial charge is 0.0535 e. The van der Waals surface area contributed by atoms with Crippen LogP contribution in [-0.2, 0) is 5.54 Å². The molecule has 0 amide bonds. The zero-order valence-electron chi connectivity index (χ0n) is 13.6. The van der Waals surface area contributed by atoms with Crippen LogP contribution in [-0.4, -0.2) is 41.6 Å². The number of piperazine rings is 1. The molecule has 1 saturated carbocycles. The number of nitrogens with zero attached hydrogens (tertiary/aromatic N) is 1. The minimum atomic E-state index is 0.0805. The molecule has 21 heavy (non-hydrogen) atoms. The van der Waals surface area contributed by atoms with Gasteiger partial charge in [-0.2, -0.15) is 11.8 Å². The van der Waals surface area contributed by atoms with Crippen molar-refractivity contribution in [2.45, 2.75) is 49.4 Å². The summed E-state index contributed by atoms with van der Waals surface area (Å²) in [7, 11) is 0. The van der Waals surface area contributed by atoms with Gasteiger partial charge in [0.1, 0.15) is 0 Å². The maximum atomic E-state index is 3.78. The van der Waals surface area contributed by atoms with Gasteiger partial charge in [0.2, 0.25) is 0 Å². The second-order valence-corrected chi connectivity index (χ2v) is 8.35. The van der Waals surface area contributed by atoms with E-state index in [4.69, 9.17) is 0 Å². The molecular weight excluding hydrogens is 276 g/mol. The molecule has 0 aromatic heterocycles. The molecule has 1 N–H and O–H groups in total. The van der Waals surface area contributed by atoms with Crippen LogP contribution in [0.3, 0.4) is 0 Å². The van der Waals surface area contributed by atoms with Crippen molar-refractivity contribution in [2.75, 3.05) is 25.9 Å². The standard InChI is InChI=1S/C18H28N2S/c1-15-12-19-17(2,16-8-5-4-6-9-16)13-20(15)14-18(21-3)10-7-11-18/h4-6,8-9,15,19H,7,10-14H2,1-3H3. The van der Waals surface area contributed by atoms with Crippen LogP contribution >= 0.6 is 11.8 Å². The van der Waals surface area contributed by atoms with Crippen molar-refractivity contribution >= 4 is 11.8 Å². The molecule has 0 spiro atoms. The van der Waals surface area contributed by atoms with E-state index in [1.54, 1.807) is 0 Å². The second-order valence-electron chi connectivity index (χ2n) is 7.07. The van der Waals surface area contributed by atoms with Crippen molar-refractivity contribution in [3.63, 3.8) is 0 Å². The fourth-order valence-corrected chi connectivity index (χ4v) is 4.69. The summed E-state index contributed by atoms with van der Waals surface area (Å²) in [5, 5.41) is 3.78. The van der Waals surface area contributed by atoms with Gasteiger partial charge >= 0.3 is 0 Å². The highest BCUT2D eigenvalue weighted by atomic mass is 32.2. The molecule has 116 valence electrons. The Hall–Kier alpha value is -0.510. The first kappa shape index (κ1) is 15.4. The van der Waals surface area contributed by atoms with E-state index in [-0.39, 0.29) is 5.54 Å².